The maximum Gasteiger partial charge on any atom is 0.316 e. The number of fused-ring (bicyclic) bond motifs is 2. The number of anilines is 1. The van der Waals surface area contributed by atoms with Gasteiger partial charge in [-0.05, 0) is 35.2 Å². The molecular weight excluding hydrogens is 406 g/mol. The fourth-order valence-electron chi connectivity index (χ4n) is 3.61. The first kappa shape index (κ1) is 19.5. The van der Waals surface area contributed by atoms with Crippen LogP contribution in [0.2, 0.25) is 0 Å². The fraction of sp³-hybridized carbons (Fsp3) is 0.160. The Labute approximate surface area is 184 Å². The number of para-hydroxylation sites is 3. The Morgan fingerprint density at radius 2 is 1.74 bits per heavy atom. The Morgan fingerprint density at radius 1 is 0.968 bits per heavy atom. The van der Waals surface area contributed by atoms with Crippen LogP contribution in [-0.4, -0.2) is 15.9 Å². The van der Waals surface area contributed by atoms with Gasteiger partial charge in [-0.1, -0.05) is 79.8 Å². The van der Waals surface area contributed by atoms with Gasteiger partial charge in [0.2, 0.25) is 0 Å². The van der Waals surface area contributed by atoms with Crippen LogP contribution in [0.25, 0.3) is 21.3 Å². The maximum absolute atomic E-state index is 13.6. The van der Waals surface area contributed by atoms with Gasteiger partial charge in [-0.25, -0.2) is 9.97 Å². The number of aromatic nitrogens is 2. The lowest BCUT2D eigenvalue weighted by molar-refractivity contribution is 0.0954. The molecular formula is C25H21N3O2S. The smallest absolute Gasteiger partial charge is 0.316 e. The minimum absolute atomic E-state index is 0.0699. The SMILES string of the molecule is CC(C)c1cccc2sc(N(Cc3ccccc3)C(=O)c3nc4ccccc4o3)nc12. The molecule has 31 heavy (non-hydrogen) atoms. The van der Waals surface area contributed by atoms with Crippen molar-refractivity contribution in [2.45, 2.75) is 26.3 Å². The number of nitrogens with zero attached hydrogens (tertiary/aromatic N) is 3. The number of carbonyl (C=O) groups excluding carboxylic acids is 1. The largest absolute Gasteiger partial charge is 0.432 e. The van der Waals surface area contributed by atoms with Crippen LogP contribution in [0, 0.1) is 0 Å². The monoisotopic (exact) mass is 427 g/mol. The molecule has 0 saturated heterocycles. The Hall–Kier alpha value is -3.51. The van der Waals surface area contributed by atoms with E-state index in [1.54, 1.807) is 4.90 Å². The molecule has 2 aromatic heterocycles. The van der Waals surface area contributed by atoms with Crippen molar-refractivity contribution < 1.29 is 9.21 Å². The number of thiazole rings is 1. The molecule has 154 valence electrons. The lowest BCUT2D eigenvalue weighted by atomic mass is 10.0. The van der Waals surface area contributed by atoms with Gasteiger partial charge in [-0.15, -0.1) is 0 Å². The predicted octanol–water partition coefficient (Wildman–Crippen LogP) is 6.41. The molecule has 2 heterocycles. The Bertz CT molecular complexity index is 1340. The van der Waals surface area contributed by atoms with Gasteiger partial charge in [0, 0.05) is 0 Å². The van der Waals surface area contributed by atoms with Crippen LogP contribution in [0.3, 0.4) is 0 Å². The second kappa shape index (κ2) is 7.96. The zero-order valence-corrected chi connectivity index (χ0v) is 18.1. The number of amides is 1. The van der Waals surface area contributed by atoms with Gasteiger partial charge >= 0.3 is 5.91 Å². The summed E-state index contributed by atoms with van der Waals surface area (Å²) < 4.78 is 6.84. The molecule has 0 saturated carbocycles. The summed E-state index contributed by atoms with van der Waals surface area (Å²) in [6.07, 6.45) is 0. The molecule has 0 aliphatic carbocycles. The number of hydrogen-bond donors (Lipinski definition) is 0. The zero-order chi connectivity index (χ0) is 21.4. The highest BCUT2D eigenvalue weighted by molar-refractivity contribution is 7.22. The summed E-state index contributed by atoms with van der Waals surface area (Å²) in [7, 11) is 0. The van der Waals surface area contributed by atoms with E-state index in [9.17, 15) is 4.79 Å². The van der Waals surface area contributed by atoms with Crippen LogP contribution in [0.5, 0.6) is 0 Å². The summed E-state index contributed by atoms with van der Waals surface area (Å²) in [5.74, 6) is 0.111. The molecule has 0 radical (unpaired) electrons. The van der Waals surface area contributed by atoms with Crippen molar-refractivity contribution in [3.63, 3.8) is 0 Å². The lowest BCUT2D eigenvalue weighted by Gasteiger charge is -2.18. The first-order chi connectivity index (χ1) is 15.1. The molecule has 5 nitrogen and oxygen atoms in total. The second-order valence-electron chi connectivity index (χ2n) is 7.71. The number of hydrogen-bond acceptors (Lipinski definition) is 5. The summed E-state index contributed by atoms with van der Waals surface area (Å²) in [5, 5.41) is 0.638. The molecule has 5 rings (SSSR count). The lowest BCUT2D eigenvalue weighted by Crippen LogP contribution is -2.30. The maximum atomic E-state index is 13.6. The highest BCUT2D eigenvalue weighted by Crippen LogP contribution is 2.35. The summed E-state index contributed by atoms with van der Waals surface area (Å²) in [6.45, 7) is 4.69. The van der Waals surface area contributed by atoms with Gasteiger partial charge in [-0.2, -0.15) is 0 Å². The second-order valence-corrected chi connectivity index (χ2v) is 8.72. The van der Waals surface area contributed by atoms with Crippen LogP contribution in [0.1, 0.15) is 41.6 Å². The third-order valence-corrected chi connectivity index (χ3v) is 6.24. The Morgan fingerprint density at radius 3 is 2.52 bits per heavy atom. The van der Waals surface area contributed by atoms with Crippen molar-refractivity contribution in [1.29, 1.82) is 0 Å². The first-order valence-corrected chi connectivity index (χ1v) is 11.0. The highest BCUT2D eigenvalue weighted by atomic mass is 32.1. The molecule has 0 fully saturated rings. The molecule has 1 amide bonds. The van der Waals surface area contributed by atoms with Gasteiger partial charge in [-0.3, -0.25) is 9.69 Å². The van der Waals surface area contributed by atoms with E-state index in [0.29, 0.717) is 28.7 Å². The van der Waals surface area contributed by atoms with E-state index in [4.69, 9.17) is 9.40 Å². The number of rotatable bonds is 5. The predicted molar refractivity (Wildman–Crippen MR) is 125 cm³/mol. The normalized spacial score (nSPS) is 11.5. The van der Waals surface area contributed by atoms with E-state index in [1.165, 1.54) is 16.9 Å². The topological polar surface area (TPSA) is 59.2 Å². The molecule has 0 unspecified atom stereocenters. The average Bonchev–Trinajstić information content (AvgIpc) is 3.41. The molecule has 0 aliphatic rings. The van der Waals surface area contributed by atoms with Crippen LogP contribution >= 0.6 is 11.3 Å². The molecule has 0 N–H and O–H groups in total. The Balaban J connectivity index is 1.61. The molecule has 3 aromatic carbocycles. The third-order valence-electron chi connectivity index (χ3n) is 5.20. The fourth-order valence-corrected chi connectivity index (χ4v) is 4.61. The van der Waals surface area contributed by atoms with E-state index in [0.717, 1.165) is 15.8 Å². The molecule has 0 atom stereocenters. The van der Waals surface area contributed by atoms with E-state index in [-0.39, 0.29) is 11.8 Å². The number of benzene rings is 3. The van der Waals surface area contributed by atoms with Crippen molar-refractivity contribution >= 4 is 43.7 Å². The summed E-state index contributed by atoms with van der Waals surface area (Å²) in [4.78, 5) is 24.5. The number of oxazole rings is 1. The molecule has 0 bridgehead atoms. The molecule has 0 spiro atoms. The van der Waals surface area contributed by atoms with Crippen LogP contribution in [0.15, 0.2) is 77.2 Å². The van der Waals surface area contributed by atoms with Gasteiger partial charge in [0.15, 0.2) is 10.7 Å². The van der Waals surface area contributed by atoms with Gasteiger partial charge in [0.1, 0.15) is 5.52 Å². The van der Waals surface area contributed by atoms with Crippen LogP contribution in [0.4, 0.5) is 5.13 Å². The van der Waals surface area contributed by atoms with Crippen LogP contribution < -0.4 is 4.90 Å². The summed E-state index contributed by atoms with van der Waals surface area (Å²) >= 11 is 1.51. The van der Waals surface area contributed by atoms with E-state index in [1.807, 2.05) is 66.7 Å². The Kier molecular flexibility index (Phi) is 5.00. The minimum atomic E-state index is -0.301. The van der Waals surface area contributed by atoms with Crippen molar-refractivity contribution in [1.82, 2.24) is 9.97 Å². The van der Waals surface area contributed by atoms with E-state index < -0.39 is 0 Å². The zero-order valence-electron chi connectivity index (χ0n) is 17.3. The third kappa shape index (κ3) is 3.70. The van der Waals surface area contributed by atoms with Crippen molar-refractivity contribution in [2.24, 2.45) is 0 Å². The summed E-state index contributed by atoms with van der Waals surface area (Å²) in [6, 6.07) is 23.5. The van der Waals surface area contributed by atoms with E-state index in [2.05, 4.69) is 24.9 Å². The van der Waals surface area contributed by atoms with Gasteiger partial charge in [0.25, 0.3) is 5.89 Å². The standard InChI is InChI=1S/C25H21N3O2S/c1-16(2)18-11-8-14-21-22(18)27-25(31-21)28(15-17-9-4-3-5-10-17)24(29)23-26-19-12-6-7-13-20(19)30-23/h3-14,16H,15H2,1-2H3. The van der Waals surface area contributed by atoms with Gasteiger partial charge < -0.3 is 4.42 Å². The van der Waals surface area contributed by atoms with Crippen molar-refractivity contribution in [2.75, 3.05) is 4.90 Å². The molecule has 6 heteroatoms. The first-order valence-electron chi connectivity index (χ1n) is 10.2. The highest BCUT2D eigenvalue weighted by Gasteiger charge is 2.26. The van der Waals surface area contributed by atoms with Crippen molar-refractivity contribution in [3.05, 3.63) is 89.8 Å². The van der Waals surface area contributed by atoms with Crippen molar-refractivity contribution in [3.8, 4) is 0 Å². The minimum Gasteiger partial charge on any atom is -0.432 e. The van der Waals surface area contributed by atoms with Gasteiger partial charge in [0.05, 0.1) is 16.8 Å². The average molecular weight is 428 g/mol. The molecule has 5 aromatic rings. The quantitative estimate of drug-likeness (QED) is 0.325. The van der Waals surface area contributed by atoms with Crippen LogP contribution in [-0.2, 0) is 6.54 Å². The van der Waals surface area contributed by atoms with E-state index >= 15 is 0 Å². The number of carbonyl (C=O) groups is 1. The summed E-state index contributed by atoms with van der Waals surface area (Å²) in [5.41, 5.74) is 4.39. The molecule has 0 aliphatic heterocycles.